The molecule has 2 rings (SSSR count). The van der Waals surface area contributed by atoms with Crippen molar-refractivity contribution in [3.05, 3.63) is 0 Å². The summed E-state index contributed by atoms with van der Waals surface area (Å²) in [6.07, 6.45) is 2.59. The molecule has 2 aliphatic heterocycles. The zero-order valence-electron chi connectivity index (χ0n) is 9.81. The van der Waals surface area contributed by atoms with E-state index in [-0.39, 0.29) is 24.0 Å². The molecule has 2 heterocycles. The lowest BCUT2D eigenvalue weighted by atomic mass is 10.1. The number of nitrogens with zero attached hydrogens (tertiary/aromatic N) is 2. The van der Waals surface area contributed by atoms with Crippen LogP contribution in [0.3, 0.4) is 0 Å². The smallest absolute Gasteiger partial charge is 0.323 e. The van der Waals surface area contributed by atoms with Crippen LogP contribution in [0.2, 0.25) is 0 Å². The Kier molecular flexibility index (Phi) is 3.14. The molecule has 2 saturated heterocycles. The fraction of sp³-hybridized carbons (Fsp3) is 0.818. The van der Waals surface area contributed by atoms with Crippen LogP contribution in [-0.2, 0) is 14.3 Å². The van der Waals surface area contributed by atoms with Gasteiger partial charge in [0, 0.05) is 13.6 Å². The third-order valence-corrected chi connectivity index (χ3v) is 3.57. The van der Waals surface area contributed by atoms with Crippen LogP contribution in [0.4, 0.5) is 0 Å². The normalized spacial score (nSPS) is 31.1. The molecular weight excluding hydrogens is 208 g/mol. The Hall–Kier alpha value is -1.10. The Labute approximate surface area is 95.3 Å². The first-order valence-electron chi connectivity index (χ1n) is 5.73. The van der Waals surface area contributed by atoms with Gasteiger partial charge >= 0.3 is 5.97 Å². The summed E-state index contributed by atoms with van der Waals surface area (Å²) in [5.74, 6) is -0.0735. The van der Waals surface area contributed by atoms with Gasteiger partial charge in [-0.15, -0.1) is 0 Å². The fourth-order valence-electron chi connectivity index (χ4n) is 2.66. The van der Waals surface area contributed by atoms with Crippen LogP contribution in [0.1, 0.15) is 19.3 Å². The van der Waals surface area contributed by atoms with Crippen molar-refractivity contribution in [3.63, 3.8) is 0 Å². The Balaban J connectivity index is 2.08. The average Bonchev–Trinajstić information content (AvgIpc) is 2.86. The Morgan fingerprint density at radius 2 is 2.12 bits per heavy atom. The zero-order chi connectivity index (χ0) is 11.7. The zero-order valence-corrected chi connectivity index (χ0v) is 9.81. The number of amides is 1. The van der Waals surface area contributed by atoms with Crippen LogP contribution in [0.15, 0.2) is 0 Å². The number of rotatable bonds is 2. The van der Waals surface area contributed by atoms with Crippen LogP contribution in [-0.4, -0.2) is 61.0 Å². The lowest BCUT2D eigenvalue weighted by molar-refractivity contribution is -0.147. The molecular formula is C11H18N2O3. The van der Waals surface area contributed by atoms with E-state index in [0.29, 0.717) is 0 Å². The third kappa shape index (κ3) is 1.80. The predicted octanol–water partition coefficient (Wildman–Crippen LogP) is -0.146. The number of hydrogen-bond acceptors (Lipinski definition) is 4. The Morgan fingerprint density at radius 1 is 1.38 bits per heavy atom. The van der Waals surface area contributed by atoms with E-state index in [1.807, 2.05) is 11.9 Å². The van der Waals surface area contributed by atoms with E-state index in [1.54, 1.807) is 4.90 Å². The number of esters is 1. The highest BCUT2D eigenvalue weighted by Gasteiger charge is 2.42. The number of ether oxygens (including phenoxy) is 1. The maximum absolute atomic E-state index is 11.9. The van der Waals surface area contributed by atoms with Crippen molar-refractivity contribution in [2.75, 3.05) is 27.2 Å². The molecule has 5 nitrogen and oxygen atoms in total. The van der Waals surface area contributed by atoms with E-state index in [1.165, 1.54) is 7.11 Å². The van der Waals surface area contributed by atoms with Gasteiger partial charge in [-0.2, -0.15) is 0 Å². The summed E-state index contributed by atoms with van der Waals surface area (Å²) in [4.78, 5) is 27.2. The minimum absolute atomic E-state index is 0.114. The van der Waals surface area contributed by atoms with Crippen LogP contribution < -0.4 is 0 Å². The summed E-state index contributed by atoms with van der Waals surface area (Å²) in [7, 11) is 3.22. The summed E-state index contributed by atoms with van der Waals surface area (Å²) in [6, 6.07) is -0.331. The van der Waals surface area contributed by atoms with Crippen molar-refractivity contribution in [3.8, 4) is 0 Å². The fourth-order valence-corrected chi connectivity index (χ4v) is 2.66. The summed E-state index contributed by atoms with van der Waals surface area (Å²) in [5, 5.41) is 0. The average molecular weight is 226 g/mol. The SMILES string of the molecule is COC(=O)C1CCCN1C1CCN(C)C1=O. The summed E-state index contributed by atoms with van der Waals surface area (Å²) in [5.41, 5.74) is 0. The molecule has 0 N–H and O–H groups in total. The largest absolute Gasteiger partial charge is 0.468 e. The van der Waals surface area contributed by atoms with Gasteiger partial charge in [0.2, 0.25) is 5.91 Å². The lowest BCUT2D eigenvalue weighted by Crippen LogP contribution is -2.47. The molecule has 2 atom stereocenters. The van der Waals surface area contributed by atoms with Crippen LogP contribution in [0.5, 0.6) is 0 Å². The number of carbonyl (C=O) groups excluding carboxylic acids is 2. The van der Waals surface area contributed by atoms with Gasteiger partial charge in [-0.05, 0) is 25.8 Å². The molecule has 0 aliphatic carbocycles. The van der Waals surface area contributed by atoms with Crippen LogP contribution in [0, 0.1) is 0 Å². The molecule has 90 valence electrons. The number of likely N-dealkylation sites (tertiary alicyclic amines) is 2. The molecule has 0 radical (unpaired) electrons. The van der Waals surface area contributed by atoms with Gasteiger partial charge in [0.15, 0.2) is 0 Å². The highest BCUT2D eigenvalue weighted by molar-refractivity contribution is 5.85. The molecule has 0 aromatic rings. The van der Waals surface area contributed by atoms with Crippen LogP contribution in [0.25, 0.3) is 0 Å². The molecule has 2 aliphatic rings. The molecule has 2 fully saturated rings. The van der Waals surface area contributed by atoms with E-state index in [0.717, 1.165) is 32.4 Å². The second kappa shape index (κ2) is 4.41. The van der Waals surface area contributed by atoms with Gasteiger partial charge in [0.05, 0.1) is 13.2 Å². The summed E-state index contributed by atoms with van der Waals surface area (Å²) < 4.78 is 4.78. The van der Waals surface area contributed by atoms with E-state index < -0.39 is 0 Å². The van der Waals surface area contributed by atoms with E-state index in [4.69, 9.17) is 4.74 Å². The Morgan fingerprint density at radius 3 is 2.69 bits per heavy atom. The standard InChI is InChI=1S/C11H18N2O3/c1-12-7-5-8(10(12)14)13-6-3-4-9(13)11(15)16-2/h8-9H,3-7H2,1-2H3. The minimum atomic E-state index is -0.217. The van der Waals surface area contributed by atoms with Gasteiger partial charge in [-0.1, -0.05) is 0 Å². The number of methoxy groups -OCH3 is 1. The maximum Gasteiger partial charge on any atom is 0.323 e. The van der Waals surface area contributed by atoms with Gasteiger partial charge in [-0.3, -0.25) is 14.5 Å². The molecule has 0 aromatic carbocycles. The quantitative estimate of drug-likeness (QED) is 0.615. The van der Waals surface area contributed by atoms with Crippen molar-refractivity contribution in [1.82, 2.24) is 9.80 Å². The molecule has 0 spiro atoms. The molecule has 0 saturated carbocycles. The monoisotopic (exact) mass is 226 g/mol. The van der Waals surface area contributed by atoms with Crippen molar-refractivity contribution in [2.45, 2.75) is 31.3 Å². The first kappa shape index (κ1) is 11.4. The van der Waals surface area contributed by atoms with E-state index in [2.05, 4.69) is 0 Å². The van der Waals surface area contributed by atoms with Gasteiger partial charge in [-0.25, -0.2) is 0 Å². The molecule has 0 bridgehead atoms. The van der Waals surface area contributed by atoms with Crippen molar-refractivity contribution < 1.29 is 14.3 Å². The molecule has 5 heteroatoms. The van der Waals surface area contributed by atoms with Crippen molar-refractivity contribution in [2.24, 2.45) is 0 Å². The highest BCUT2D eigenvalue weighted by atomic mass is 16.5. The predicted molar refractivity (Wildman–Crippen MR) is 57.8 cm³/mol. The van der Waals surface area contributed by atoms with Crippen molar-refractivity contribution in [1.29, 1.82) is 0 Å². The molecule has 16 heavy (non-hydrogen) atoms. The highest BCUT2D eigenvalue weighted by Crippen LogP contribution is 2.26. The second-order valence-electron chi connectivity index (χ2n) is 4.48. The molecule has 1 amide bonds. The van der Waals surface area contributed by atoms with E-state index in [9.17, 15) is 9.59 Å². The lowest BCUT2D eigenvalue weighted by Gasteiger charge is -2.27. The second-order valence-corrected chi connectivity index (χ2v) is 4.48. The van der Waals surface area contributed by atoms with Gasteiger partial charge < -0.3 is 9.64 Å². The van der Waals surface area contributed by atoms with Crippen molar-refractivity contribution >= 4 is 11.9 Å². The van der Waals surface area contributed by atoms with Crippen LogP contribution >= 0.6 is 0 Å². The first-order valence-corrected chi connectivity index (χ1v) is 5.73. The first-order chi connectivity index (χ1) is 7.65. The molecule has 0 aromatic heterocycles. The summed E-state index contributed by atoms with van der Waals surface area (Å²) >= 11 is 0. The van der Waals surface area contributed by atoms with Gasteiger partial charge in [0.1, 0.15) is 6.04 Å². The minimum Gasteiger partial charge on any atom is -0.468 e. The van der Waals surface area contributed by atoms with E-state index >= 15 is 0 Å². The number of likely N-dealkylation sites (N-methyl/N-ethyl adjacent to an activating group) is 1. The maximum atomic E-state index is 11.9. The Bertz CT molecular complexity index is 306. The van der Waals surface area contributed by atoms with Gasteiger partial charge in [0.25, 0.3) is 0 Å². The molecule has 2 unspecified atom stereocenters. The summed E-state index contributed by atoms with van der Waals surface area (Å²) in [6.45, 7) is 1.61. The number of hydrogen-bond donors (Lipinski definition) is 0. The number of carbonyl (C=O) groups is 2. The topological polar surface area (TPSA) is 49.9 Å². The third-order valence-electron chi connectivity index (χ3n) is 3.57.